The molecule has 0 fully saturated rings. The van der Waals surface area contributed by atoms with Gasteiger partial charge >= 0.3 is 0 Å². The lowest BCUT2D eigenvalue weighted by atomic mass is 9.79. The molecule has 9 rings (SSSR count). The second kappa shape index (κ2) is 12.8. The number of rotatable bonds is 4. The van der Waals surface area contributed by atoms with E-state index in [0.717, 1.165) is 72.3 Å². The van der Waals surface area contributed by atoms with Crippen molar-refractivity contribution in [3.05, 3.63) is 144 Å². The molecule has 4 nitrogen and oxygen atoms in total. The monoisotopic (exact) mass is 731 g/mol. The maximum atomic E-state index is 6.75. The van der Waals surface area contributed by atoms with E-state index in [4.69, 9.17) is 14.4 Å². The minimum absolute atomic E-state index is 0.00710. The van der Waals surface area contributed by atoms with Crippen molar-refractivity contribution in [2.24, 2.45) is 0 Å². The Labute approximate surface area is 329 Å². The van der Waals surface area contributed by atoms with Crippen LogP contribution in [0.5, 0.6) is 0 Å². The van der Waals surface area contributed by atoms with E-state index in [1.54, 1.807) is 0 Å². The highest BCUT2D eigenvalue weighted by Crippen LogP contribution is 2.43. The summed E-state index contributed by atoms with van der Waals surface area (Å²) >= 11 is 0. The Bertz CT molecular complexity index is 2920. The molecule has 5 aromatic carbocycles. The summed E-state index contributed by atoms with van der Waals surface area (Å²) in [6.07, 6.45) is 2.01. The second-order valence-corrected chi connectivity index (χ2v) is 18.5. The van der Waals surface area contributed by atoms with Gasteiger partial charge in [-0.15, -0.1) is 0 Å². The molecule has 0 radical (unpaired) electrons. The first-order valence-corrected chi connectivity index (χ1v) is 19.7. The van der Waals surface area contributed by atoms with Crippen molar-refractivity contribution in [1.29, 1.82) is 0 Å². The van der Waals surface area contributed by atoms with Crippen molar-refractivity contribution in [3.63, 3.8) is 0 Å². The van der Waals surface area contributed by atoms with Crippen molar-refractivity contribution in [2.75, 3.05) is 0 Å². The molecule has 0 aliphatic rings. The van der Waals surface area contributed by atoms with Gasteiger partial charge in [-0.2, -0.15) is 0 Å². The van der Waals surface area contributed by atoms with Gasteiger partial charge < -0.3 is 9.40 Å². The molecule has 0 spiro atoms. The van der Waals surface area contributed by atoms with Crippen molar-refractivity contribution in [3.8, 4) is 44.9 Å². The molecule has 9 aromatic rings. The van der Waals surface area contributed by atoms with Crippen LogP contribution in [0.2, 0.25) is 0 Å². The van der Waals surface area contributed by atoms with Crippen LogP contribution >= 0.6 is 0 Å². The highest BCUT2D eigenvalue weighted by Gasteiger charge is 2.24. The van der Waals surface area contributed by atoms with E-state index < -0.39 is 0 Å². The first-order valence-electron chi connectivity index (χ1n) is 19.7. The Hall–Kier alpha value is -6.00. The minimum atomic E-state index is -0.0328. The summed E-state index contributed by atoms with van der Waals surface area (Å²) in [6, 6.07) is 43.8. The van der Waals surface area contributed by atoms with Gasteiger partial charge in [0.1, 0.15) is 11.2 Å². The van der Waals surface area contributed by atoms with Crippen LogP contribution in [0.15, 0.2) is 132 Å². The number of furan rings is 1. The lowest BCUT2D eigenvalue weighted by Crippen LogP contribution is -2.16. The van der Waals surface area contributed by atoms with Crippen LogP contribution in [-0.4, -0.2) is 15.0 Å². The molecule has 56 heavy (non-hydrogen) atoms. The Morgan fingerprint density at radius 3 is 1.77 bits per heavy atom. The molecule has 4 heterocycles. The summed E-state index contributed by atoms with van der Waals surface area (Å²) in [4.78, 5) is 14.3. The largest absolute Gasteiger partial charge is 0.455 e. The average Bonchev–Trinajstić information content (AvgIpc) is 3.75. The van der Waals surface area contributed by atoms with Crippen molar-refractivity contribution < 1.29 is 4.42 Å². The number of aromatic nitrogens is 3. The van der Waals surface area contributed by atoms with Gasteiger partial charge in [-0.3, -0.25) is 4.98 Å². The van der Waals surface area contributed by atoms with Crippen molar-refractivity contribution in [2.45, 2.75) is 78.6 Å². The number of nitrogens with zero attached hydrogens (tertiary/aromatic N) is 2. The van der Waals surface area contributed by atoms with Gasteiger partial charge in [0.05, 0.1) is 22.6 Å². The highest BCUT2D eigenvalue weighted by molar-refractivity contribution is 6.13. The fourth-order valence-electron chi connectivity index (χ4n) is 7.89. The quantitative estimate of drug-likeness (QED) is 0.196. The van der Waals surface area contributed by atoms with Crippen LogP contribution in [0.3, 0.4) is 0 Å². The molecule has 0 aliphatic heterocycles. The summed E-state index contributed by atoms with van der Waals surface area (Å²) in [5.41, 5.74) is 15.6. The third kappa shape index (κ3) is 6.27. The van der Waals surface area contributed by atoms with Gasteiger partial charge in [-0.05, 0) is 86.5 Å². The lowest BCUT2D eigenvalue weighted by Gasteiger charge is -2.26. The molecule has 0 aliphatic carbocycles. The first-order chi connectivity index (χ1) is 26.6. The van der Waals surface area contributed by atoms with Gasteiger partial charge in [0.25, 0.3) is 0 Å². The van der Waals surface area contributed by atoms with Gasteiger partial charge in [-0.1, -0.05) is 141 Å². The molecule has 0 unspecified atom stereocenters. The molecule has 0 amide bonds. The van der Waals surface area contributed by atoms with Gasteiger partial charge in [0.2, 0.25) is 0 Å². The van der Waals surface area contributed by atoms with E-state index in [-0.39, 0.29) is 16.2 Å². The average molecular weight is 732 g/mol. The topological polar surface area (TPSA) is 54.7 Å². The standard InChI is InChI=1S/C52H49N3O/c1-50(2,3)34-21-22-43(53-30-34)33-25-41-38-16-11-13-20-47(38)56-49(41)42(26-33)46-28-32(31-23-35(51(4,5)6)29-36(24-31)52(7,8)9)27-45(54-46)40-18-14-17-39-37-15-10-12-19-44(37)55-48(39)40/h10-30,55H,1-9H3. The van der Waals surface area contributed by atoms with Crippen LogP contribution in [0.1, 0.15) is 79.0 Å². The minimum Gasteiger partial charge on any atom is -0.455 e. The molecule has 278 valence electrons. The molecule has 0 bridgehead atoms. The Kier molecular flexibility index (Phi) is 8.14. The van der Waals surface area contributed by atoms with E-state index in [0.29, 0.717) is 0 Å². The van der Waals surface area contributed by atoms with E-state index in [1.807, 2.05) is 18.3 Å². The number of para-hydroxylation sites is 3. The lowest BCUT2D eigenvalue weighted by molar-refractivity contribution is 0.569. The molecular weight excluding hydrogens is 683 g/mol. The Balaban J connectivity index is 1.36. The third-order valence-corrected chi connectivity index (χ3v) is 11.3. The number of hydrogen-bond donors (Lipinski definition) is 1. The second-order valence-electron chi connectivity index (χ2n) is 18.5. The zero-order valence-electron chi connectivity index (χ0n) is 33.9. The zero-order chi connectivity index (χ0) is 39.1. The predicted molar refractivity (Wildman–Crippen MR) is 237 cm³/mol. The number of hydrogen-bond acceptors (Lipinski definition) is 3. The number of aromatic amines is 1. The van der Waals surface area contributed by atoms with E-state index in [1.165, 1.54) is 33.0 Å². The van der Waals surface area contributed by atoms with E-state index >= 15 is 0 Å². The van der Waals surface area contributed by atoms with Crippen LogP contribution in [0.4, 0.5) is 0 Å². The van der Waals surface area contributed by atoms with Crippen molar-refractivity contribution >= 4 is 43.7 Å². The molecule has 4 aromatic heterocycles. The zero-order valence-corrected chi connectivity index (χ0v) is 33.9. The SMILES string of the molecule is CC(C)(C)c1ccc(-c2cc(-c3cc(-c4cc(C(C)(C)C)cc(C(C)(C)C)c4)cc(-c4cccc5c4[nH]c4ccccc45)n3)c3oc4ccccc4c3c2)nc1. The normalized spacial score (nSPS) is 12.7. The number of H-pyrrole nitrogens is 1. The molecule has 1 N–H and O–H groups in total. The number of nitrogens with one attached hydrogen (secondary N) is 1. The summed E-state index contributed by atoms with van der Waals surface area (Å²) in [5, 5.41) is 4.51. The third-order valence-electron chi connectivity index (χ3n) is 11.3. The highest BCUT2D eigenvalue weighted by atomic mass is 16.3. The van der Waals surface area contributed by atoms with Gasteiger partial charge in [0, 0.05) is 49.9 Å². The fraction of sp³-hybridized carbons (Fsp3) is 0.231. The molecule has 0 atom stereocenters. The summed E-state index contributed by atoms with van der Waals surface area (Å²) in [7, 11) is 0. The first kappa shape index (κ1) is 35.7. The summed E-state index contributed by atoms with van der Waals surface area (Å²) < 4.78 is 6.75. The summed E-state index contributed by atoms with van der Waals surface area (Å²) in [5.74, 6) is 0. The Morgan fingerprint density at radius 2 is 1.09 bits per heavy atom. The van der Waals surface area contributed by atoms with Crippen LogP contribution in [0.25, 0.3) is 88.6 Å². The van der Waals surface area contributed by atoms with Crippen LogP contribution in [-0.2, 0) is 16.2 Å². The molecule has 0 saturated heterocycles. The molecule has 4 heteroatoms. The maximum Gasteiger partial charge on any atom is 0.144 e. The molecule has 0 saturated carbocycles. The van der Waals surface area contributed by atoms with Crippen LogP contribution < -0.4 is 0 Å². The van der Waals surface area contributed by atoms with Crippen LogP contribution in [0, 0.1) is 0 Å². The maximum absolute atomic E-state index is 6.75. The Morgan fingerprint density at radius 1 is 0.464 bits per heavy atom. The van der Waals surface area contributed by atoms with Gasteiger partial charge in [0.15, 0.2) is 0 Å². The number of fused-ring (bicyclic) bond motifs is 6. The van der Waals surface area contributed by atoms with Crippen molar-refractivity contribution in [1.82, 2.24) is 15.0 Å². The smallest absolute Gasteiger partial charge is 0.144 e. The predicted octanol–water partition coefficient (Wildman–Crippen LogP) is 14.6. The van der Waals surface area contributed by atoms with E-state index in [2.05, 4.69) is 176 Å². The molecular formula is C52H49N3O. The van der Waals surface area contributed by atoms with Gasteiger partial charge in [-0.25, -0.2) is 4.98 Å². The van der Waals surface area contributed by atoms with E-state index in [9.17, 15) is 0 Å². The number of benzene rings is 5. The summed E-state index contributed by atoms with van der Waals surface area (Å²) in [6.45, 7) is 20.4. The fourth-order valence-corrected chi connectivity index (χ4v) is 7.89. The number of pyridine rings is 2.